The first-order valence-electron chi connectivity index (χ1n) is 5.81. The van der Waals surface area contributed by atoms with Crippen molar-refractivity contribution in [2.24, 2.45) is 0 Å². The highest BCUT2D eigenvalue weighted by Gasteiger charge is 2.26. The van der Waals surface area contributed by atoms with Gasteiger partial charge in [0.2, 0.25) is 10.0 Å². The van der Waals surface area contributed by atoms with Gasteiger partial charge in [-0.25, -0.2) is 13.1 Å². The number of aromatic amines is 1. The van der Waals surface area contributed by atoms with Crippen LogP contribution in [0.3, 0.4) is 0 Å². The molecule has 0 saturated heterocycles. The van der Waals surface area contributed by atoms with Gasteiger partial charge in [0, 0.05) is 19.1 Å². The minimum absolute atomic E-state index is 0.285. The summed E-state index contributed by atoms with van der Waals surface area (Å²) in [5.41, 5.74) is 1.15. The van der Waals surface area contributed by atoms with Gasteiger partial charge in [-0.3, -0.25) is 5.10 Å². The van der Waals surface area contributed by atoms with E-state index in [0.717, 1.165) is 0 Å². The Kier molecular flexibility index (Phi) is 3.50. The summed E-state index contributed by atoms with van der Waals surface area (Å²) < 4.78 is 26.5. The second-order valence-corrected chi connectivity index (χ2v) is 5.98. The number of aryl methyl sites for hydroxylation is 1. The molecule has 0 spiro atoms. The summed E-state index contributed by atoms with van der Waals surface area (Å²) in [6.45, 7) is 4.35. The molecule has 7 heteroatoms. The molecule has 1 aromatic heterocycles. The highest BCUT2D eigenvalue weighted by molar-refractivity contribution is 7.89. The summed E-state index contributed by atoms with van der Waals surface area (Å²) in [5, 5.41) is 10.1. The molecule has 0 amide bonds. The van der Waals surface area contributed by atoms with Crippen LogP contribution in [0.4, 0.5) is 0 Å². The number of H-pyrrole nitrogens is 1. The molecule has 0 bridgehead atoms. The van der Waals surface area contributed by atoms with Gasteiger partial charge in [-0.2, -0.15) is 5.10 Å². The fraction of sp³-hybridized carbons (Fsp3) is 0.700. The SMILES string of the molecule is CCNS(=O)(=O)c1c(CNC2CC2)n[nH]c1C. The molecule has 1 heterocycles. The zero-order valence-electron chi connectivity index (χ0n) is 10.1. The highest BCUT2D eigenvalue weighted by Crippen LogP contribution is 2.21. The van der Waals surface area contributed by atoms with Gasteiger partial charge in [0.1, 0.15) is 4.90 Å². The zero-order valence-corrected chi connectivity index (χ0v) is 10.9. The van der Waals surface area contributed by atoms with Crippen LogP contribution >= 0.6 is 0 Å². The van der Waals surface area contributed by atoms with Gasteiger partial charge in [0.05, 0.1) is 11.4 Å². The van der Waals surface area contributed by atoms with E-state index in [1.54, 1.807) is 13.8 Å². The van der Waals surface area contributed by atoms with Crippen LogP contribution in [0.5, 0.6) is 0 Å². The first-order valence-corrected chi connectivity index (χ1v) is 7.29. The van der Waals surface area contributed by atoms with E-state index in [2.05, 4.69) is 20.2 Å². The van der Waals surface area contributed by atoms with Gasteiger partial charge < -0.3 is 5.32 Å². The quantitative estimate of drug-likeness (QED) is 0.683. The van der Waals surface area contributed by atoms with Crippen molar-refractivity contribution >= 4 is 10.0 Å². The molecule has 1 fully saturated rings. The van der Waals surface area contributed by atoms with Gasteiger partial charge in [-0.15, -0.1) is 0 Å². The van der Waals surface area contributed by atoms with Gasteiger partial charge in [-0.05, 0) is 19.8 Å². The standard InChI is InChI=1S/C10H18N4O2S/c1-3-12-17(15,16)10-7(2)13-14-9(10)6-11-8-4-5-8/h8,11-12H,3-6H2,1-2H3,(H,13,14). The summed E-state index contributed by atoms with van der Waals surface area (Å²) in [6, 6.07) is 0.529. The minimum atomic E-state index is -3.44. The Morgan fingerprint density at radius 3 is 2.76 bits per heavy atom. The molecule has 0 radical (unpaired) electrons. The van der Waals surface area contributed by atoms with Crippen LogP contribution in [0.1, 0.15) is 31.2 Å². The van der Waals surface area contributed by atoms with E-state index in [-0.39, 0.29) is 4.90 Å². The Bertz CT molecular complexity index is 490. The van der Waals surface area contributed by atoms with Crippen molar-refractivity contribution in [2.45, 2.75) is 44.2 Å². The van der Waals surface area contributed by atoms with E-state index in [1.807, 2.05) is 0 Å². The molecule has 6 nitrogen and oxygen atoms in total. The molecule has 17 heavy (non-hydrogen) atoms. The van der Waals surface area contributed by atoms with Gasteiger partial charge in [0.25, 0.3) is 0 Å². The van der Waals surface area contributed by atoms with Crippen molar-refractivity contribution in [2.75, 3.05) is 6.54 Å². The fourth-order valence-electron chi connectivity index (χ4n) is 1.74. The largest absolute Gasteiger partial charge is 0.308 e. The lowest BCUT2D eigenvalue weighted by molar-refractivity contribution is 0.579. The number of sulfonamides is 1. The summed E-state index contributed by atoms with van der Waals surface area (Å²) in [4.78, 5) is 0.285. The number of aromatic nitrogens is 2. The lowest BCUT2D eigenvalue weighted by Crippen LogP contribution is -2.26. The first-order chi connectivity index (χ1) is 8.04. The van der Waals surface area contributed by atoms with E-state index < -0.39 is 10.0 Å². The number of rotatable bonds is 6. The van der Waals surface area contributed by atoms with Crippen molar-refractivity contribution in [1.29, 1.82) is 0 Å². The fourth-order valence-corrected chi connectivity index (χ4v) is 3.14. The normalized spacial score (nSPS) is 16.4. The number of nitrogens with zero attached hydrogens (tertiary/aromatic N) is 1. The Labute approximate surface area is 101 Å². The Morgan fingerprint density at radius 1 is 1.47 bits per heavy atom. The minimum Gasteiger partial charge on any atom is -0.308 e. The van der Waals surface area contributed by atoms with Crippen LogP contribution in [0.15, 0.2) is 4.90 Å². The van der Waals surface area contributed by atoms with E-state index in [9.17, 15) is 8.42 Å². The lowest BCUT2D eigenvalue weighted by Gasteiger charge is -2.06. The highest BCUT2D eigenvalue weighted by atomic mass is 32.2. The van der Waals surface area contributed by atoms with Crippen LogP contribution < -0.4 is 10.0 Å². The van der Waals surface area contributed by atoms with Gasteiger partial charge >= 0.3 is 0 Å². The molecule has 3 N–H and O–H groups in total. The predicted molar refractivity (Wildman–Crippen MR) is 64.0 cm³/mol. The van der Waals surface area contributed by atoms with Crippen molar-refractivity contribution in [3.8, 4) is 0 Å². The summed E-state index contributed by atoms with van der Waals surface area (Å²) in [5.74, 6) is 0. The summed E-state index contributed by atoms with van der Waals surface area (Å²) in [7, 11) is -3.44. The van der Waals surface area contributed by atoms with Crippen LogP contribution in [-0.2, 0) is 16.6 Å². The van der Waals surface area contributed by atoms with Crippen LogP contribution in [-0.4, -0.2) is 31.2 Å². The van der Waals surface area contributed by atoms with Crippen molar-refractivity contribution < 1.29 is 8.42 Å². The van der Waals surface area contributed by atoms with Gasteiger partial charge in [0.15, 0.2) is 0 Å². The number of hydrogen-bond donors (Lipinski definition) is 3. The predicted octanol–water partition coefficient (Wildman–Crippen LogP) is 0.268. The Balaban J connectivity index is 2.21. The third-order valence-electron chi connectivity index (χ3n) is 2.70. The second kappa shape index (κ2) is 4.75. The number of hydrogen-bond acceptors (Lipinski definition) is 4. The van der Waals surface area contributed by atoms with E-state index in [4.69, 9.17) is 0 Å². The zero-order chi connectivity index (χ0) is 12.5. The van der Waals surface area contributed by atoms with Crippen molar-refractivity contribution in [3.05, 3.63) is 11.4 Å². The smallest absolute Gasteiger partial charge is 0.244 e. The molecule has 96 valence electrons. The van der Waals surface area contributed by atoms with E-state index >= 15 is 0 Å². The lowest BCUT2D eigenvalue weighted by atomic mass is 10.3. The molecule has 0 aliphatic heterocycles. The van der Waals surface area contributed by atoms with E-state index in [1.165, 1.54) is 12.8 Å². The first kappa shape index (κ1) is 12.5. The van der Waals surface area contributed by atoms with Crippen LogP contribution in [0, 0.1) is 6.92 Å². The summed E-state index contributed by atoms with van der Waals surface area (Å²) >= 11 is 0. The molecular weight excluding hydrogens is 240 g/mol. The van der Waals surface area contributed by atoms with Crippen LogP contribution in [0.2, 0.25) is 0 Å². The average molecular weight is 258 g/mol. The molecule has 0 aromatic carbocycles. The summed E-state index contributed by atoms with van der Waals surface area (Å²) in [6.07, 6.45) is 2.33. The molecule has 1 saturated carbocycles. The third-order valence-corrected chi connectivity index (χ3v) is 4.45. The maximum Gasteiger partial charge on any atom is 0.244 e. The molecule has 1 aliphatic rings. The average Bonchev–Trinajstić information content (AvgIpc) is 2.99. The molecular formula is C10H18N4O2S. The Hall–Kier alpha value is -0.920. The topological polar surface area (TPSA) is 86.9 Å². The molecule has 0 unspecified atom stereocenters. The second-order valence-electron chi connectivity index (χ2n) is 4.28. The molecule has 0 atom stereocenters. The molecule has 2 rings (SSSR count). The Morgan fingerprint density at radius 2 is 2.18 bits per heavy atom. The monoisotopic (exact) mass is 258 g/mol. The van der Waals surface area contributed by atoms with Gasteiger partial charge in [-0.1, -0.05) is 6.92 Å². The van der Waals surface area contributed by atoms with E-state index in [0.29, 0.717) is 30.5 Å². The molecule has 1 aliphatic carbocycles. The van der Waals surface area contributed by atoms with Crippen molar-refractivity contribution in [1.82, 2.24) is 20.2 Å². The van der Waals surface area contributed by atoms with Crippen LogP contribution in [0.25, 0.3) is 0 Å². The third kappa shape index (κ3) is 2.85. The maximum atomic E-state index is 12.0. The number of nitrogens with one attached hydrogen (secondary N) is 3. The van der Waals surface area contributed by atoms with Crippen molar-refractivity contribution in [3.63, 3.8) is 0 Å². The maximum absolute atomic E-state index is 12.0. The molecule has 1 aromatic rings.